The lowest BCUT2D eigenvalue weighted by Crippen LogP contribution is -2.76. The molecule has 3 nitrogen and oxygen atoms in total. The number of rotatable bonds is 3. The summed E-state index contributed by atoms with van der Waals surface area (Å²) in [5.74, 6) is 0.634. The highest BCUT2D eigenvalue weighted by Gasteiger charge is 2.60. The number of thioether (sulfide) groups is 1. The monoisotopic (exact) mass is 272 g/mol. The Hall–Kier alpha value is -0.220. The van der Waals surface area contributed by atoms with Gasteiger partial charge in [-0.15, -0.1) is 11.8 Å². The van der Waals surface area contributed by atoms with Gasteiger partial charge in [0.15, 0.2) is 0 Å². The summed E-state index contributed by atoms with van der Waals surface area (Å²) in [6, 6.07) is 0.290. The van der Waals surface area contributed by atoms with Gasteiger partial charge in [-0.05, 0) is 0 Å². The Balaban J connectivity index is 2.55. The average molecular weight is 272 g/mol. The molecule has 0 aromatic heterocycles. The van der Waals surface area contributed by atoms with Crippen LogP contribution in [0.5, 0.6) is 0 Å². The van der Waals surface area contributed by atoms with Crippen molar-refractivity contribution < 1.29 is 4.79 Å². The van der Waals surface area contributed by atoms with Gasteiger partial charge in [0, 0.05) is 27.7 Å². The zero-order valence-corrected chi connectivity index (χ0v) is 13.6. The van der Waals surface area contributed by atoms with Crippen LogP contribution in [0.15, 0.2) is 0 Å². The summed E-state index contributed by atoms with van der Waals surface area (Å²) in [5, 5.41) is 3.16. The molecular weight excluding hydrogens is 244 g/mol. The molecule has 0 aliphatic heterocycles. The molecule has 0 bridgehead atoms. The summed E-state index contributed by atoms with van der Waals surface area (Å²) in [4.78, 5) is 12.0. The number of hydrogen-bond acceptors (Lipinski definition) is 3. The summed E-state index contributed by atoms with van der Waals surface area (Å²) in [6.45, 7) is 14.9. The Bertz CT molecular complexity index is 315. The van der Waals surface area contributed by atoms with Crippen LogP contribution in [0, 0.1) is 10.8 Å². The van der Waals surface area contributed by atoms with E-state index in [0.29, 0.717) is 5.75 Å². The van der Waals surface area contributed by atoms with Crippen molar-refractivity contribution in [3.63, 3.8) is 0 Å². The molecule has 0 aromatic rings. The van der Waals surface area contributed by atoms with E-state index in [4.69, 9.17) is 5.73 Å². The molecule has 106 valence electrons. The van der Waals surface area contributed by atoms with Gasteiger partial charge in [0.25, 0.3) is 0 Å². The lowest BCUT2D eigenvalue weighted by Gasteiger charge is -2.62. The van der Waals surface area contributed by atoms with E-state index in [1.54, 1.807) is 11.8 Å². The molecule has 0 spiro atoms. The van der Waals surface area contributed by atoms with Gasteiger partial charge < -0.3 is 11.1 Å². The number of carbonyl (C=O) groups is 1. The SMILES string of the molecule is CC(C)(C)SCC(=O)NC1C(C)(C)C(N)C1(C)C. The fourth-order valence-corrected chi connectivity index (χ4v) is 3.68. The molecule has 4 heteroatoms. The van der Waals surface area contributed by atoms with E-state index in [9.17, 15) is 4.79 Å². The molecular formula is C14H28N2OS. The van der Waals surface area contributed by atoms with Crippen LogP contribution >= 0.6 is 11.8 Å². The maximum Gasteiger partial charge on any atom is 0.230 e. The molecule has 3 N–H and O–H groups in total. The van der Waals surface area contributed by atoms with E-state index in [0.717, 1.165) is 0 Å². The molecule has 0 heterocycles. The lowest BCUT2D eigenvalue weighted by atomic mass is 9.48. The van der Waals surface area contributed by atoms with Gasteiger partial charge in [-0.25, -0.2) is 0 Å². The van der Waals surface area contributed by atoms with E-state index in [2.05, 4.69) is 53.8 Å². The Kier molecular flexibility index (Phi) is 4.15. The predicted octanol–water partition coefficient (Wildman–Crippen LogP) is 2.40. The fraction of sp³-hybridized carbons (Fsp3) is 0.929. The summed E-state index contributed by atoms with van der Waals surface area (Å²) < 4.78 is 0.123. The van der Waals surface area contributed by atoms with Gasteiger partial charge in [0.1, 0.15) is 0 Å². The van der Waals surface area contributed by atoms with Gasteiger partial charge in [-0.1, -0.05) is 48.5 Å². The van der Waals surface area contributed by atoms with Crippen LogP contribution in [-0.2, 0) is 4.79 Å². The van der Waals surface area contributed by atoms with Gasteiger partial charge >= 0.3 is 0 Å². The summed E-state index contributed by atoms with van der Waals surface area (Å²) in [7, 11) is 0. The van der Waals surface area contributed by atoms with Crippen LogP contribution in [0.2, 0.25) is 0 Å². The highest BCUT2D eigenvalue weighted by molar-refractivity contribution is 8.01. The maximum atomic E-state index is 12.0. The minimum Gasteiger partial charge on any atom is -0.351 e. The molecule has 0 radical (unpaired) electrons. The molecule has 1 aliphatic carbocycles. The molecule has 1 aliphatic rings. The van der Waals surface area contributed by atoms with Gasteiger partial charge in [-0.3, -0.25) is 4.79 Å². The first-order chi connectivity index (χ1) is 7.89. The quantitative estimate of drug-likeness (QED) is 0.829. The van der Waals surface area contributed by atoms with Crippen LogP contribution in [0.25, 0.3) is 0 Å². The molecule has 1 amide bonds. The van der Waals surface area contributed by atoms with Gasteiger partial charge in [0.2, 0.25) is 5.91 Å². The molecule has 0 atom stereocenters. The van der Waals surface area contributed by atoms with Crippen LogP contribution < -0.4 is 11.1 Å². The lowest BCUT2D eigenvalue weighted by molar-refractivity contribution is -0.129. The molecule has 0 aromatic carbocycles. The van der Waals surface area contributed by atoms with Gasteiger partial charge in [-0.2, -0.15) is 0 Å². The molecule has 1 fully saturated rings. The zero-order chi connectivity index (χ0) is 14.4. The Morgan fingerprint density at radius 1 is 1.22 bits per heavy atom. The van der Waals surface area contributed by atoms with Crippen LogP contribution in [0.1, 0.15) is 48.5 Å². The van der Waals surface area contributed by atoms with Crippen molar-refractivity contribution in [2.75, 3.05) is 5.75 Å². The molecule has 0 unspecified atom stereocenters. The summed E-state index contributed by atoms with van der Waals surface area (Å²) in [5.41, 5.74) is 6.14. The van der Waals surface area contributed by atoms with Crippen molar-refractivity contribution in [2.45, 2.75) is 65.3 Å². The first-order valence-electron chi connectivity index (χ1n) is 6.58. The van der Waals surface area contributed by atoms with Gasteiger partial charge in [0.05, 0.1) is 5.75 Å². The van der Waals surface area contributed by atoms with Crippen LogP contribution in [-0.4, -0.2) is 28.5 Å². The second-order valence-electron chi connectivity index (χ2n) is 7.52. The van der Waals surface area contributed by atoms with Crippen molar-refractivity contribution in [3.05, 3.63) is 0 Å². The second-order valence-corrected chi connectivity index (χ2v) is 9.32. The number of nitrogens with two attached hydrogens (primary N) is 1. The highest BCUT2D eigenvalue weighted by atomic mass is 32.2. The van der Waals surface area contributed by atoms with Crippen molar-refractivity contribution in [3.8, 4) is 0 Å². The number of amides is 1. The minimum absolute atomic E-state index is 0.0223. The van der Waals surface area contributed by atoms with Crippen LogP contribution in [0.4, 0.5) is 0 Å². The fourth-order valence-electron chi connectivity index (χ4n) is 3.04. The van der Waals surface area contributed by atoms with Crippen molar-refractivity contribution in [1.82, 2.24) is 5.32 Å². The highest BCUT2D eigenvalue weighted by Crippen LogP contribution is 2.52. The minimum atomic E-state index is -0.0223. The van der Waals surface area contributed by atoms with Crippen molar-refractivity contribution in [2.24, 2.45) is 16.6 Å². The van der Waals surface area contributed by atoms with E-state index >= 15 is 0 Å². The average Bonchev–Trinajstić information content (AvgIpc) is 2.20. The summed E-state index contributed by atoms with van der Waals surface area (Å²) >= 11 is 1.68. The largest absolute Gasteiger partial charge is 0.351 e. The smallest absolute Gasteiger partial charge is 0.230 e. The molecule has 18 heavy (non-hydrogen) atoms. The van der Waals surface area contributed by atoms with Crippen molar-refractivity contribution >= 4 is 17.7 Å². The number of nitrogens with one attached hydrogen (secondary N) is 1. The molecule has 1 saturated carbocycles. The third kappa shape index (κ3) is 3.02. The Morgan fingerprint density at radius 3 is 2.06 bits per heavy atom. The predicted molar refractivity (Wildman–Crippen MR) is 79.7 cm³/mol. The first kappa shape index (κ1) is 15.8. The topological polar surface area (TPSA) is 55.1 Å². The van der Waals surface area contributed by atoms with E-state index in [-0.39, 0.29) is 33.6 Å². The molecule has 0 saturated heterocycles. The normalized spacial score (nSPS) is 29.6. The van der Waals surface area contributed by atoms with Crippen molar-refractivity contribution in [1.29, 1.82) is 0 Å². The first-order valence-corrected chi connectivity index (χ1v) is 7.56. The second kappa shape index (κ2) is 4.71. The molecule has 1 rings (SSSR count). The Labute approximate surface area is 116 Å². The zero-order valence-electron chi connectivity index (χ0n) is 12.8. The standard InChI is InChI=1S/C14H28N2OS/c1-12(2,3)18-8-9(17)16-11-13(4,5)10(15)14(11,6)7/h10-11H,8,15H2,1-7H3,(H,16,17). The Morgan fingerprint density at radius 2 is 1.67 bits per heavy atom. The maximum absolute atomic E-state index is 12.0. The van der Waals surface area contributed by atoms with E-state index in [1.807, 2.05) is 0 Å². The van der Waals surface area contributed by atoms with Crippen LogP contribution in [0.3, 0.4) is 0 Å². The van der Waals surface area contributed by atoms with E-state index in [1.165, 1.54) is 0 Å². The van der Waals surface area contributed by atoms with E-state index < -0.39 is 0 Å². The number of hydrogen-bond donors (Lipinski definition) is 2. The number of carbonyl (C=O) groups excluding carboxylic acids is 1. The summed E-state index contributed by atoms with van der Waals surface area (Å²) in [6.07, 6.45) is 0. The third-order valence-corrected chi connectivity index (χ3v) is 5.31. The third-order valence-electron chi connectivity index (χ3n) is 4.03.